The van der Waals surface area contributed by atoms with E-state index in [4.69, 9.17) is 71.0 Å². The van der Waals surface area contributed by atoms with Crippen LogP contribution in [0.15, 0.2) is 0 Å². The van der Waals surface area contributed by atoms with Gasteiger partial charge in [-0.15, -0.1) is 0 Å². The first-order valence-corrected chi connectivity index (χ1v) is 1.34. The van der Waals surface area contributed by atoms with Gasteiger partial charge in [-0.25, -0.2) is 0 Å². The second-order valence-corrected chi connectivity index (χ2v) is 0. The number of hydrogen-bond donors (Lipinski definition) is 0. The quantitative estimate of drug-likeness (QED) is 0.360. The molecule has 0 radical (unpaired) electrons. The molecule has 0 N–H and O–H groups in total. The zero-order valence-corrected chi connectivity index (χ0v) is 10.8. The van der Waals surface area contributed by atoms with E-state index in [-0.39, 0.29) is 50.5 Å². The van der Waals surface area contributed by atoms with E-state index in [0.29, 0.717) is 0 Å². The average Bonchev–Trinajstić information content (AvgIpc) is 2.33. The Labute approximate surface area is 121 Å². The summed E-state index contributed by atoms with van der Waals surface area (Å²) in [4.78, 5) is 0. The van der Waals surface area contributed by atoms with Gasteiger partial charge >= 0.3 is 49.0 Å². The smallest absolute Gasteiger partial charge is 1.00 e. The van der Waals surface area contributed by atoms with Crippen LogP contribution in [0.4, 0.5) is 0 Å². The molecule has 0 aromatic rings. The topological polar surface area (TPSA) is 143 Å². The van der Waals surface area contributed by atoms with Gasteiger partial charge in [0.25, 0.3) is 0 Å². The van der Waals surface area contributed by atoms with Crippen molar-refractivity contribution in [1.82, 2.24) is 0 Å². The molecule has 0 heterocycles. The minimum Gasteiger partial charge on any atom is -1.00 e. The van der Waals surface area contributed by atoms with E-state index in [1.54, 1.807) is 0 Å². The van der Waals surface area contributed by atoms with Gasteiger partial charge in [-0.2, -0.15) is 0 Å². The Kier molecular flexibility index (Phi) is 3600. The summed E-state index contributed by atoms with van der Waals surface area (Å²) in [6.45, 7) is 28.5. The fraction of sp³-hybridized carbons (Fsp3) is 0. The van der Waals surface area contributed by atoms with Gasteiger partial charge in [0.15, 0.2) is 0 Å². The van der Waals surface area contributed by atoms with Crippen molar-refractivity contribution in [2.45, 2.75) is 0 Å². The van der Waals surface area contributed by atoms with Crippen LogP contribution >= 0.6 is 0 Å². The van der Waals surface area contributed by atoms with Crippen LogP contribution in [-0.4, -0.2) is 0 Å². The molecule has 0 bridgehead atoms. The summed E-state index contributed by atoms with van der Waals surface area (Å²) in [5.74, 6) is 0. The number of rotatable bonds is 0. The molecule has 8 heteroatoms. The van der Waals surface area contributed by atoms with E-state index in [9.17, 15) is 0 Å². The van der Waals surface area contributed by atoms with Gasteiger partial charge in [0, 0.05) is 0 Å². The van der Waals surface area contributed by atoms with E-state index in [0.717, 1.165) is 0 Å². The third-order valence-corrected chi connectivity index (χ3v) is 0. The largest absolute Gasteiger partial charge is 6.00 e. The Hall–Kier alpha value is -1.44. The predicted molar refractivity (Wildman–Crippen MR) is 30.9 cm³/mol. The van der Waals surface area contributed by atoms with Gasteiger partial charge in [-0.1, -0.05) is 0 Å². The Morgan fingerprint density at radius 3 is 0.429 bits per heavy atom. The molecule has 0 saturated heterocycles. The molecule has 0 aromatic heterocycles. The van der Waals surface area contributed by atoms with E-state index in [1.165, 1.54) is 0 Å². The Balaban J connectivity index is -0.00000000396. The standard InChI is InChI=1S/6CN.Na.Ru.H/c6*1-2;;;/q6*-1;+1;+6;-1. The summed E-state index contributed by atoms with van der Waals surface area (Å²) in [7, 11) is 0. The molecule has 0 spiro atoms. The summed E-state index contributed by atoms with van der Waals surface area (Å²) < 4.78 is 0. The Bertz CT molecular complexity index is 103. The molecule has 0 saturated carbocycles. The van der Waals surface area contributed by atoms with Gasteiger partial charge < -0.3 is 72.4 Å². The molecule has 0 aliphatic carbocycles. The molecule has 0 aliphatic heterocycles. The van der Waals surface area contributed by atoms with Crippen molar-refractivity contribution in [3.05, 3.63) is 39.4 Å². The molecule has 0 aliphatic rings. The maximum atomic E-state index is 6.25. The molecular formula is C6HN6NaRu. The molecule has 0 unspecified atom stereocenters. The zero-order chi connectivity index (χ0) is 12.0. The minimum absolute atomic E-state index is 0. The molecule has 0 amide bonds. The van der Waals surface area contributed by atoms with Gasteiger partial charge in [-0.3, -0.25) is 0 Å². The van der Waals surface area contributed by atoms with E-state index in [2.05, 4.69) is 0 Å². The predicted octanol–water partition coefficient (Wildman–Crippen LogP) is -2.31. The normalized spacial score (nSPS) is 0.857. The monoisotopic (exact) mass is 282 g/mol. The third-order valence-electron chi connectivity index (χ3n) is 0. The Morgan fingerprint density at radius 2 is 0.429 bits per heavy atom. The van der Waals surface area contributed by atoms with Crippen LogP contribution in [0, 0.1) is 71.0 Å². The van der Waals surface area contributed by atoms with Crippen molar-refractivity contribution in [3.8, 4) is 0 Å². The average molecular weight is 281 g/mol. The van der Waals surface area contributed by atoms with Crippen LogP contribution in [0.5, 0.6) is 0 Å². The first-order chi connectivity index (χ1) is 6.00. The van der Waals surface area contributed by atoms with Crippen LogP contribution in [0.2, 0.25) is 0 Å². The van der Waals surface area contributed by atoms with Crippen molar-refractivity contribution in [3.63, 3.8) is 0 Å². The maximum Gasteiger partial charge on any atom is 6.00 e. The minimum atomic E-state index is 0. The Morgan fingerprint density at radius 1 is 0.429 bits per heavy atom. The fourth-order valence-electron chi connectivity index (χ4n) is 0. The molecular weight excluding hydrogens is 280 g/mol. The summed E-state index contributed by atoms with van der Waals surface area (Å²) >= 11 is 0. The van der Waals surface area contributed by atoms with Crippen molar-refractivity contribution in [2.24, 2.45) is 0 Å². The fourth-order valence-corrected chi connectivity index (χ4v) is 0. The van der Waals surface area contributed by atoms with Gasteiger partial charge in [0.2, 0.25) is 0 Å². The van der Waals surface area contributed by atoms with Crippen molar-refractivity contribution < 1.29 is 50.5 Å². The number of hydrogen-bond acceptors (Lipinski definition) is 6. The van der Waals surface area contributed by atoms with E-state index < -0.39 is 0 Å². The second-order valence-electron chi connectivity index (χ2n) is 0. The van der Waals surface area contributed by atoms with Crippen LogP contribution in [-0.2, 0) is 19.5 Å². The summed E-state index contributed by atoms with van der Waals surface area (Å²) in [6, 6.07) is 0. The first-order valence-electron chi connectivity index (χ1n) is 1.34. The maximum absolute atomic E-state index is 6.25. The summed E-state index contributed by atoms with van der Waals surface area (Å²) in [5, 5.41) is 37.5. The van der Waals surface area contributed by atoms with Crippen LogP contribution in [0.3, 0.4) is 0 Å². The van der Waals surface area contributed by atoms with Gasteiger partial charge in [-0.05, 0) is 0 Å². The van der Waals surface area contributed by atoms with Gasteiger partial charge in [0.1, 0.15) is 0 Å². The van der Waals surface area contributed by atoms with Crippen molar-refractivity contribution in [2.75, 3.05) is 0 Å². The molecule has 6 nitrogen and oxygen atoms in total. The number of nitrogens with zero attached hydrogens (tertiary/aromatic N) is 6. The van der Waals surface area contributed by atoms with Crippen LogP contribution < -0.4 is 29.6 Å². The molecule has 0 rings (SSSR count). The third kappa shape index (κ3) is 468. The van der Waals surface area contributed by atoms with Crippen LogP contribution in [0.1, 0.15) is 1.43 Å². The van der Waals surface area contributed by atoms with Crippen LogP contribution in [0.25, 0.3) is 0 Å². The molecule has 64 valence electrons. The molecule has 14 heavy (non-hydrogen) atoms. The molecule has 0 fully saturated rings. The second kappa shape index (κ2) is 625. The van der Waals surface area contributed by atoms with E-state index >= 15 is 0 Å². The summed E-state index contributed by atoms with van der Waals surface area (Å²) in [6.07, 6.45) is 0. The zero-order valence-electron chi connectivity index (χ0n) is 8.04. The summed E-state index contributed by atoms with van der Waals surface area (Å²) in [5.41, 5.74) is 0. The molecule has 0 aromatic carbocycles. The molecule has 0 atom stereocenters. The van der Waals surface area contributed by atoms with Gasteiger partial charge in [0.05, 0.1) is 0 Å². The van der Waals surface area contributed by atoms with Crippen molar-refractivity contribution in [1.29, 1.82) is 31.6 Å². The first kappa shape index (κ1) is 80.7. The SMILES string of the molecule is [C-]#N.[C-]#N.[C-]#N.[C-]#N.[C-]#N.[C-]#N.[H-].[Na+].[Ru+6]. The van der Waals surface area contributed by atoms with Crippen molar-refractivity contribution >= 4 is 0 Å². The van der Waals surface area contributed by atoms with E-state index in [1.807, 2.05) is 0 Å².